The number of hydrogen-bond donors (Lipinski definition) is 2. The molecule has 16 heavy (non-hydrogen) atoms. The summed E-state index contributed by atoms with van der Waals surface area (Å²) in [5, 5.41) is 2.92. The Morgan fingerprint density at radius 2 is 1.81 bits per heavy atom. The molecule has 0 aromatic carbocycles. The summed E-state index contributed by atoms with van der Waals surface area (Å²) in [6.45, 7) is 5.24. The Morgan fingerprint density at radius 3 is 2.12 bits per heavy atom. The summed E-state index contributed by atoms with van der Waals surface area (Å²) < 4.78 is 0. The Morgan fingerprint density at radius 1 is 1.31 bits per heavy atom. The van der Waals surface area contributed by atoms with Crippen LogP contribution in [0.1, 0.15) is 20.3 Å². The molecular formula is C10H25Cl2N3O. The average Bonchev–Trinajstić information content (AvgIpc) is 2.01. The highest BCUT2D eigenvalue weighted by Crippen LogP contribution is 2.05. The number of rotatable bonds is 6. The van der Waals surface area contributed by atoms with Crippen molar-refractivity contribution < 1.29 is 4.79 Å². The van der Waals surface area contributed by atoms with Gasteiger partial charge in [-0.2, -0.15) is 0 Å². The van der Waals surface area contributed by atoms with E-state index in [-0.39, 0.29) is 43.3 Å². The van der Waals surface area contributed by atoms with Crippen molar-refractivity contribution in [2.45, 2.75) is 26.3 Å². The normalized spacial score (nSPS) is 11.7. The topological polar surface area (TPSA) is 58.4 Å². The summed E-state index contributed by atoms with van der Waals surface area (Å²) in [5.41, 5.74) is 5.26. The van der Waals surface area contributed by atoms with Crippen molar-refractivity contribution in [1.29, 1.82) is 0 Å². The van der Waals surface area contributed by atoms with E-state index in [2.05, 4.69) is 24.1 Å². The fourth-order valence-corrected chi connectivity index (χ4v) is 1.48. The van der Waals surface area contributed by atoms with E-state index in [4.69, 9.17) is 5.73 Å². The van der Waals surface area contributed by atoms with E-state index in [1.807, 2.05) is 14.1 Å². The van der Waals surface area contributed by atoms with Gasteiger partial charge in [0, 0.05) is 12.6 Å². The minimum absolute atomic E-state index is 0. The second-order valence-electron chi connectivity index (χ2n) is 4.36. The van der Waals surface area contributed by atoms with Gasteiger partial charge in [-0.25, -0.2) is 0 Å². The van der Waals surface area contributed by atoms with Crippen LogP contribution in [0.3, 0.4) is 0 Å². The summed E-state index contributed by atoms with van der Waals surface area (Å²) in [5.74, 6) is 0.510. The molecule has 6 heteroatoms. The molecule has 1 amide bonds. The highest BCUT2D eigenvalue weighted by atomic mass is 35.5. The zero-order valence-electron chi connectivity index (χ0n) is 10.5. The third-order valence-electron chi connectivity index (χ3n) is 1.89. The maximum atomic E-state index is 11.1. The highest BCUT2D eigenvalue weighted by Gasteiger charge is 2.13. The zero-order chi connectivity index (χ0) is 11.1. The maximum Gasteiger partial charge on any atom is 0.233 e. The van der Waals surface area contributed by atoms with Crippen LogP contribution in [0.15, 0.2) is 0 Å². The van der Waals surface area contributed by atoms with E-state index in [1.165, 1.54) is 0 Å². The van der Waals surface area contributed by atoms with E-state index in [9.17, 15) is 4.79 Å². The third kappa shape index (κ3) is 12.0. The molecule has 0 saturated carbocycles. The number of hydrogen-bond acceptors (Lipinski definition) is 3. The van der Waals surface area contributed by atoms with Gasteiger partial charge < -0.3 is 16.0 Å². The minimum atomic E-state index is -0.0718. The second-order valence-corrected chi connectivity index (χ2v) is 4.36. The Balaban J connectivity index is -0.000000845. The van der Waals surface area contributed by atoms with E-state index in [1.54, 1.807) is 0 Å². The van der Waals surface area contributed by atoms with E-state index < -0.39 is 0 Å². The quantitative estimate of drug-likeness (QED) is 0.756. The van der Waals surface area contributed by atoms with Gasteiger partial charge in [-0.05, 0) is 26.4 Å². The lowest BCUT2D eigenvalue weighted by atomic mass is 10.0. The first-order valence-corrected chi connectivity index (χ1v) is 5.09. The second kappa shape index (κ2) is 11.5. The summed E-state index contributed by atoms with van der Waals surface area (Å²) in [4.78, 5) is 13.2. The molecule has 0 spiro atoms. The summed E-state index contributed by atoms with van der Waals surface area (Å²) in [6, 6.07) is 0.209. The predicted molar refractivity (Wildman–Crippen MR) is 73.5 cm³/mol. The van der Waals surface area contributed by atoms with E-state index in [0.29, 0.717) is 5.92 Å². The van der Waals surface area contributed by atoms with Crippen molar-refractivity contribution in [3.05, 3.63) is 0 Å². The third-order valence-corrected chi connectivity index (χ3v) is 1.89. The first-order valence-electron chi connectivity index (χ1n) is 5.09. The summed E-state index contributed by atoms with van der Waals surface area (Å²) in [7, 11) is 4.00. The predicted octanol–water partition coefficient (Wildman–Crippen LogP) is 0.881. The highest BCUT2D eigenvalue weighted by molar-refractivity contribution is 5.85. The minimum Gasteiger partial charge on any atom is -0.351 e. The fraction of sp³-hybridized carbons (Fsp3) is 0.900. The molecule has 4 nitrogen and oxygen atoms in total. The molecule has 0 aliphatic rings. The van der Waals surface area contributed by atoms with Crippen LogP contribution < -0.4 is 11.1 Å². The lowest BCUT2D eigenvalue weighted by Gasteiger charge is -2.23. The number of nitrogens with two attached hydrogens (primary N) is 1. The van der Waals surface area contributed by atoms with Crippen LogP contribution >= 0.6 is 24.8 Å². The molecule has 0 aromatic rings. The number of nitrogens with one attached hydrogen (secondary N) is 1. The first kappa shape index (κ1) is 21.3. The van der Waals surface area contributed by atoms with Crippen molar-refractivity contribution in [3.63, 3.8) is 0 Å². The van der Waals surface area contributed by atoms with Crippen molar-refractivity contribution in [1.82, 2.24) is 10.2 Å². The molecule has 0 radical (unpaired) electrons. The lowest BCUT2D eigenvalue weighted by Crippen LogP contribution is -2.44. The van der Waals surface area contributed by atoms with Crippen molar-refractivity contribution in [3.8, 4) is 0 Å². The zero-order valence-corrected chi connectivity index (χ0v) is 12.2. The number of carbonyl (C=O) groups excluding carboxylic acids is 1. The average molecular weight is 274 g/mol. The number of halogens is 2. The summed E-state index contributed by atoms with van der Waals surface area (Å²) in [6.07, 6.45) is 0.990. The number of carbonyl (C=O) groups is 1. The molecule has 0 aromatic heterocycles. The van der Waals surface area contributed by atoms with Gasteiger partial charge in [0.2, 0.25) is 5.91 Å². The van der Waals surface area contributed by atoms with Crippen LogP contribution in [0.25, 0.3) is 0 Å². The molecule has 0 fully saturated rings. The largest absolute Gasteiger partial charge is 0.351 e. The Bertz CT molecular complexity index is 167. The molecule has 100 valence electrons. The molecule has 3 N–H and O–H groups in total. The molecular weight excluding hydrogens is 249 g/mol. The molecule has 0 aliphatic heterocycles. The summed E-state index contributed by atoms with van der Waals surface area (Å²) >= 11 is 0. The lowest BCUT2D eigenvalue weighted by molar-refractivity contribution is -0.120. The molecule has 0 aliphatic carbocycles. The maximum absolute atomic E-state index is 11.1. The standard InChI is InChI=1S/C10H23N3O.2ClH/c1-8(2)5-9(7-13(3)4)12-10(14)6-11;;/h8-9H,5-7,11H2,1-4H3,(H,12,14);2*1H. The Labute approximate surface area is 111 Å². The van der Waals surface area contributed by atoms with Gasteiger partial charge in [-0.15, -0.1) is 24.8 Å². The molecule has 1 atom stereocenters. The van der Waals surface area contributed by atoms with Crippen molar-refractivity contribution in [2.75, 3.05) is 27.2 Å². The fourth-order valence-electron chi connectivity index (χ4n) is 1.48. The van der Waals surface area contributed by atoms with E-state index in [0.717, 1.165) is 13.0 Å². The molecule has 1 unspecified atom stereocenters. The van der Waals surface area contributed by atoms with Crippen LogP contribution in [0.4, 0.5) is 0 Å². The smallest absolute Gasteiger partial charge is 0.233 e. The van der Waals surface area contributed by atoms with Gasteiger partial charge in [0.1, 0.15) is 0 Å². The van der Waals surface area contributed by atoms with Gasteiger partial charge in [-0.3, -0.25) is 4.79 Å². The van der Waals surface area contributed by atoms with Crippen LogP contribution in [0.2, 0.25) is 0 Å². The van der Waals surface area contributed by atoms with Gasteiger partial charge in [0.25, 0.3) is 0 Å². The Hall–Kier alpha value is -0.0300. The van der Waals surface area contributed by atoms with Crippen LogP contribution in [0.5, 0.6) is 0 Å². The van der Waals surface area contributed by atoms with Crippen LogP contribution in [-0.2, 0) is 4.79 Å². The molecule has 0 rings (SSSR count). The van der Waals surface area contributed by atoms with Crippen LogP contribution in [-0.4, -0.2) is 44.0 Å². The van der Waals surface area contributed by atoms with Gasteiger partial charge in [0.15, 0.2) is 0 Å². The molecule has 0 bridgehead atoms. The number of nitrogens with zero attached hydrogens (tertiary/aromatic N) is 1. The Kier molecular flexibility index (Phi) is 15.2. The van der Waals surface area contributed by atoms with Gasteiger partial charge in [0.05, 0.1) is 6.54 Å². The number of likely N-dealkylation sites (N-methyl/N-ethyl adjacent to an activating group) is 1. The molecule has 0 heterocycles. The van der Waals surface area contributed by atoms with Gasteiger partial charge >= 0.3 is 0 Å². The van der Waals surface area contributed by atoms with E-state index >= 15 is 0 Å². The van der Waals surface area contributed by atoms with Crippen molar-refractivity contribution >= 4 is 30.7 Å². The monoisotopic (exact) mass is 273 g/mol. The van der Waals surface area contributed by atoms with Crippen LogP contribution in [0, 0.1) is 5.92 Å². The number of amides is 1. The van der Waals surface area contributed by atoms with Crippen molar-refractivity contribution in [2.24, 2.45) is 11.7 Å². The first-order chi connectivity index (χ1) is 6.45. The SMILES string of the molecule is CC(C)CC(CN(C)C)NC(=O)CN.Cl.Cl. The van der Waals surface area contributed by atoms with Gasteiger partial charge in [-0.1, -0.05) is 13.8 Å². The molecule has 0 saturated heterocycles.